The van der Waals surface area contributed by atoms with Gasteiger partial charge in [-0.15, -0.1) is 10.2 Å². The van der Waals surface area contributed by atoms with Gasteiger partial charge in [0.1, 0.15) is 5.75 Å². The van der Waals surface area contributed by atoms with Crippen LogP contribution < -0.4 is 15.4 Å². The molecule has 9 heteroatoms. The number of carbonyl (C=O) groups excluding carboxylic acids is 1. The molecule has 26 heavy (non-hydrogen) atoms. The molecule has 1 amide bonds. The van der Waals surface area contributed by atoms with Crippen molar-refractivity contribution in [2.75, 3.05) is 17.7 Å². The SMILES string of the molecule is COc1ccccc1CNc1nccn2c(NC(=O)OC(C)C)nnc12. The number of rotatable bonds is 6. The number of nitrogens with one attached hydrogen (secondary N) is 2. The molecule has 0 aliphatic heterocycles. The van der Waals surface area contributed by atoms with Crippen LogP contribution in [0.3, 0.4) is 0 Å². The van der Waals surface area contributed by atoms with Crippen molar-refractivity contribution < 1.29 is 14.3 Å². The monoisotopic (exact) mass is 356 g/mol. The first-order chi connectivity index (χ1) is 12.6. The predicted molar refractivity (Wildman–Crippen MR) is 96.3 cm³/mol. The second-order valence-corrected chi connectivity index (χ2v) is 5.74. The third-order valence-electron chi connectivity index (χ3n) is 3.52. The van der Waals surface area contributed by atoms with Gasteiger partial charge in [-0.3, -0.25) is 9.72 Å². The Bertz CT molecular complexity index is 908. The molecule has 0 aliphatic rings. The van der Waals surface area contributed by atoms with Crippen LogP contribution >= 0.6 is 0 Å². The highest BCUT2D eigenvalue weighted by atomic mass is 16.6. The highest BCUT2D eigenvalue weighted by molar-refractivity contribution is 5.83. The van der Waals surface area contributed by atoms with E-state index in [2.05, 4.69) is 25.8 Å². The Morgan fingerprint density at radius 1 is 1.27 bits per heavy atom. The van der Waals surface area contributed by atoms with Gasteiger partial charge >= 0.3 is 6.09 Å². The zero-order valence-electron chi connectivity index (χ0n) is 14.8. The number of methoxy groups -OCH3 is 1. The zero-order valence-corrected chi connectivity index (χ0v) is 14.8. The molecule has 0 radical (unpaired) electrons. The molecule has 1 aromatic carbocycles. The lowest BCUT2D eigenvalue weighted by Gasteiger charge is -2.10. The van der Waals surface area contributed by atoms with Gasteiger partial charge in [0.2, 0.25) is 11.6 Å². The van der Waals surface area contributed by atoms with E-state index in [1.807, 2.05) is 24.3 Å². The Hall–Kier alpha value is -3.36. The average molecular weight is 356 g/mol. The summed E-state index contributed by atoms with van der Waals surface area (Å²) in [5, 5.41) is 13.9. The van der Waals surface area contributed by atoms with Gasteiger partial charge in [0.05, 0.1) is 13.2 Å². The number of ether oxygens (including phenoxy) is 2. The fraction of sp³-hybridized carbons (Fsp3) is 0.294. The molecule has 0 spiro atoms. The third-order valence-corrected chi connectivity index (χ3v) is 3.52. The van der Waals surface area contributed by atoms with Crippen LogP contribution in [0.15, 0.2) is 36.7 Å². The highest BCUT2D eigenvalue weighted by Gasteiger charge is 2.14. The summed E-state index contributed by atoms with van der Waals surface area (Å²) in [7, 11) is 1.63. The maximum atomic E-state index is 11.8. The van der Waals surface area contributed by atoms with Crippen LogP contribution in [0.5, 0.6) is 5.75 Å². The summed E-state index contributed by atoms with van der Waals surface area (Å²) in [5.41, 5.74) is 1.47. The maximum Gasteiger partial charge on any atom is 0.414 e. The molecule has 136 valence electrons. The van der Waals surface area contributed by atoms with E-state index in [4.69, 9.17) is 9.47 Å². The normalized spacial score (nSPS) is 10.8. The molecular weight excluding hydrogens is 336 g/mol. The average Bonchev–Trinajstić information content (AvgIpc) is 3.03. The van der Waals surface area contributed by atoms with Crippen LogP contribution in [0.2, 0.25) is 0 Å². The number of benzene rings is 1. The molecule has 0 saturated carbocycles. The lowest BCUT2D eigenvalue weighted by molar-refractivity contribution is 0.129. The molecule has 2 heterocycles. The molecule has 3 aromatic rings. The molecule has 0 atom stereocenters. The second kappa shape index (κ2) is 7.68. The van der Waals surface area contributed by atoms with Crippen LogP contribution in [0.25, 0.3) is 5.65 Å². The maximum absolute atomic E-state index is 11.8. The summed E-state index contributed by atoms with van der Waals surface area (Å²) in [5.74, 6) is 1.58. The van der Waals surface area contributed by atoms with Crippen LogP contribution in [-0.2, 0) is 11.3 Å². The zero-order chi connectivity index (χ0) is 18.5. The minimum Gasteiger partial charge on any atom is -0.496 e. The van der Waals surface area contributed by atoms with Crippen molar-refractivity contribution >= 4 is 23.5 Å². The van der Waals surface area contributed by atoms with E-state index in [9.17, 15) is 4.79 Å². The number of hydrogen-bond donors (Lipinski definition) is 2. The fourth-order valence-corrected chi connectivity index (χ4v) is 2.40. The first kappa shape index (κ1) is 17.5. The Balaban J connectivity index is 1.79. The van der Waals surface area contributed by atoms with E-state index in [1.54, 1.807) is 37.8 Å². The van der Waals surface area contributed by atoms with E-state index in [0.29, 0.717) is 18.0 Å². The van der Waals surface area contributed by atoms with E-state index in [0.717, 1.165) is 11.3 Å². The number of anilines is 2. The van der Waals surface area contributed by atoms with Gasteiger partial charge in [-0.2, -0.15) is 0 Å². The van der Waals surface area contributed by atoms with Crippen molar-refractivity contribution in [3.63, 3.8) is 0 Å². The van der Waals surface area contributed by atoms with Gasteiger partial charge in [0.25, 0.3) is 0 Å². The van der Waals surface area contributed by atoms with Crippen molar-refractivity contribution in [1.82, 2.24) is 19.6 Å². The molecule has 0 unspecified atom stereocenters. The van der Waals surface area contributed by atoms with Crippen LogP contribution in [0.1, 0.15) is 19.4 Å². The van der Waals surface area contributed by atoms with Gasteiger partial charge in [-0.05, 0) is 19.9 Å². The summed E-state index contributed by atoms with van der Waals surface area (Å²) in [4.78, 5) is 16.1. The number of amides is 1. The highest BCUT2D eigenvalue weighted by Crippen LogP contribution is 2.20. The lowest BCUT2D eigenvalue weighted by atomic mass is 10.2. The van der Waals surface area contributed by atoms with Crippen LogP contribution in [-0.4, -0.2) is 38.9 Å². The van der Waals surface area contributed by atoms with Gasteiger partial charge < -0.3 is 14.8 Å². The van der Waals surface area contributed by atoms with Crippen molar-refractivity contribution in [3.8, 4) is 5.75 Å². The first-order valence-electron chi connectivity index (χ1n) is 8.11. The largest absolute Gasteiger partial charge is 0.496 e. The molecule has 3 rings (SSSR count). The van der Waals surface area contributed by atoms with E-state index < -0.39 is 6.09 Å². The van der Waals surface area contributed by atoms with Crippen molar-refractivity contribution in [2.24, 2.45) is 0 Å². The molecule has 2 N–H and O–H groups in total. The molecular formula is C17H20N6O3. The van der Waals surface area contributed by atoms with Gasteiger partial charge in [-0.1, -0.05) is 18.2 Å². The Kier molecular flexibility index (Phi) is 5.16. The van der Waals surface area contributed by atoms with Gasteiger partial charge in [0.15, 0.2) is 5.82 Å². The number of para-hydroxylation sites is 1. The second-order valence-electron chi connectivity index (χ2n) is 5.74. The Morgan fingerprint density at radius 2 is 2.08 bits per heavy atom. The number of fused-ring (bicyclic) bond motifs is 1. The van der Waals surface area contributed by atoms with Gasteiger partial charge in [0, 0.05) is 24.5 Å². The minimum absolute atomic E-state index is 0.228. The summed E-state index contributed by atoms with van der Waals surface area (Å²) < 4.78 is 12.0. The number of aromatic nitrogens is 4. The van der Waals surface area contributed by atoms with Crippen LogP contribution in [0.4, 0.5) is 16.6 Å². The van der Waals surface area contributed by atoms with Crippen molar-refractivity contribution in [2.45, 2.75) is 26.5 Å². The Labute approximate surface area is 150 Å². The van der Waals surface area contributed by atoms with E-state index in [1.165, 1.54) is 0 Å². The number of carbonyl (C=O) groups is 1. The summed E-state index contributed by atoms with van der Waals surface area (Å²) in [6.07, 6.45) is 2.44. The third kappa shape index (κ3) is 3.82. The summed E-state index contributed by atoms with van der Waals surface area (Å²) in [6, 6.07) is 7.70. The fourth-order valence-electron chi connectivity index (χ4n) is 2.40. The summed E-state index contributed by atoms with van der Waals surface area (Å²) in [6.45, 7) is 4.04. The predicted octanol–water partition coefficient (Wildman–Crippen LogP) is 2.70. The van der Waals surface area contributed by atoms with E-state index >= 15 is 0 Å². The molecule has 0 aliphatic carbocycles. The van der Waals surface area contributed by atoms with E-state index in [-0.39, 0.29) is 12.1 Å². The van der Waals surface area contributed by atoms with Crippen molar-refractivity contribution in [3.05, 3.63) is 42.2 Å². The minimum atomic E-state index is -0.588. The molecule has 0 saturated heterocycles. The smallest absolute Gasteiger partial charge is 0.414 e. The number of nitrogens with zero attached hydrogens (tertiary/aromatic N) is 4. The quantitative estimate of drug-likeness (QED) is 0.700. The molecule has 2 aromatic heterocycles. The molecule has 0 bridgehead atoms. The lowest BCUT2D eigenvalue weighted by Crippen LogP contribution is -2.19. The molecule has 9 nitrogen and oxygen atoms in total. The number of hydrogen-bond acceptors (Lipinski definition) is 7. The Morgan fingerprint density at radius 3 is 2.85 bits per heavy atom. The van der Waals surface area contributed by atoms with Crippen LogP contribution in [0, 0.1) is 0 Å². The standard InChI is InChI=1S/C17H20N6O3/c1-11(2)26-17(24)20-16-22-21-15-14(18-8-9-23(15)16)19-10-12-6-4-5-7-13(12)25-3/h4-9,11H,10H2,1-3H3,(H,18,19)(H,20,22,24). The molecule has 0 fully saturated rings. The van der Waals surface area contributed by atoms with Crippen molar-refractivity contribution in [1.29, 1.82) is 0 Å². The topological polar surface area (TPSA) is 103 Å². The van der Waals surface area contributed by atoms with Gasteiger partial charge in [-0.25, -0.2) is 9.78 Å². The summed E-state index contributed by atoms with van der Waals surface area (Å²) >= 11 is 0. The first-order valence-corrected chi connectivity index (χ1v) is 8.11.